The largest absolute Gasteiger partial charge is 0.370 e. The van der Waals surface area contributed by atoms with Crippen molar-refractivity contribution >= 4 is 33.7 Å². The van der Waals surface area contributed by atoms with Crippen LogP contribution in [0, 0.1) is 0 Å². The van der Waals surface area contributed by atoms with E-state index in [9.17, 15) is 22.8 Å². The van der Waals surface area contributed by atoms with Crippen LogP contribution in [-0.2, 0) is 24.4 Å². The molecule has 2 atom stereocenters. The molecule has 0 spiro atoms. The zero-order chi connectivity index (χ0) is 27.7. The maximum absolute atomic E-state index is 14.1. The van der Waals surface area contributed by atoms with E-state index < -0.39 is 45.7 Å². The molecule has 11 nitrogen and oxygen atoms in total. The Morgan fingerprint density at radius 2 is 1.58 bits per heavy atom. The smallest absolute Gasteiger partial charge is 0.250 e. The summed E-state index contributed by atoms with van der Waals surface area (Å²) in [4.78, 5) is 43.8. The number of nitrogens with zero attached hydrogens (tertiary/aromatic N) is 2. The van der Waals surface area contributed by atoms with Crippen molar-refractivity contribution in [2.75, 3.05) is 19.3 Å². The first kappa shape index (κ1) is 28.8. The van der Waals surface area contributed by atoms with Gasteiger partial charge in [-0.2, -0.15) is 4.99 Å². The Morgan fingerprint density at radius 1 is 1.00 bits per heavy atom. The predicted molar refractivity (Wildman–Crippen MR) is 144 cm³/mol. The zero-order valence-electron chi connectivity index (χ0n) is 21.2. The fourth-order valence-electron chi connectivity index (χ4n) is 4.65. The normalized spacial score (nSPS) is 16.5. The molecule has 3 rings (SSSR count). The molecule has 204 valence electrons. The van der Waals surface area contributed by atoms with Crippen molar-refractivity contribution < 1.29 is 22.8 Å². The van der Waals surface area contributed by atoms with Crippen molar-refractivity contribution in [3.8, 4) is 0 Å². The van der Waals surface area contributed by atoms with E-state index in [4.69, 9.17) is 11.5 Å². The number of hydrogen-bond donors (Lipinski definition) is 4. The number of aliphatic imine (C=N–C) groups is 1. The molecular formula is C26H34N6O5S. The van der Waals surface area contributed by atoms with Crippen LogP contribution in [0.25, 0.3) is 0 Å². The van der Waals surface area contributed by atoms with E-state index in [0.717, 1.165) is 23.8 Å². The van der Waals surface area contributed by atoms with Crippen LogP contribution in [0.1, 0.15) is 42.7 Å². The molecule has 0 radical (unpaired) electrons. The number of nitrogens with two attached hydrogens (primary N) is 2. The summed E-state index contributed by atoms with van der Waals surface area (Å²) >= 11 is 0. The first-order valence-electron chi connectivity index (χ1n) is 12.3. The molecule has 3 amide bonds. The number of piperidine rings is 1. The van der Waals surface area contributed by atoms with Crippen molar-refractivity contribution in [3.63, 3.8) is 0 Å². The van der Waals surface area contributed by atoms with Gasteiger partial charge in [0.1, 0.15) is 12.1 Å². The van der Waals surface area contributed by atoms with Gasteiger partial charge in [-0.25, -0.2) is 13.1 Å². The third kappa shape index (κ3) is 8.12. The van der Waals surface area contributed by atoms with Gasteiger partial charge >= 0.3 is 0 Å². The maximum atomic E-state index is 14.1. The van der Waals surface area contributed by atoms with E-state index in [0.29, 0.717) is 19.4 Å². The monoisotopic (exact) mass is 542 g/mol. The lowest BCUT2D eigenvalue weighted by Gasteiger charge is -2.39. The Bertz CT molecular complexity index is 1210. The highest BCUT2D eigenvalue weighted by molar-refractivity contribution is 7.88. The van der Waals surface area contributed by atoms with Gasteiger partial charge in [0, 0.05) is 25.4 Å². The number of rotatable bonds is 10. The average Bonchev–Trinajstić information content (AvgIpc) is 2.88. The topological polar surface area (TPSA) is 177 Å². The minimum atomic E-state index is -3.81. The Labute approximate surface area is 222 Å². The molecular weight excluding hydrogens is 508 g/mol. The fraction of sp³-hybridized carbons (Fsp3) is 0.385. The third-order valence-corrected chi connectivity index (χ3v) is 6.92. The van der Waals surface area contributed by atoms with Crippen molar-refractivity contribution in [2.45, 2.75) is 43.7 Å². The average molecular weight is 543 g/mol. The van der Waals surface area contributed by atoms with Crippen LogP contribution in [0.3, 0.4) is 0 Å². The molecule has 1 fully saturated rings. The van der Waals surface area contributed by atoms with Crippen molar-refractivity contribution in [3.05, 3.63) is 71.8 Å². The number of likely N-dealkylation sites (tertiary alicyclic amines) is 1. The Hall–Kier alpha value is -3.77. The molecule has 1 aliphatic heterocycles. The highest BCUT2D eigenvalue weighted by Gasteiger charge is 2.40. The summed E-state index contributed by atoms with van der Waals surface area (Å²) in [6.45, 7) is 0.288. The second-order valence-corrected chi connectivity index (χ2v) is 11.0. The van der Waals surface area contributed by atoms with Crippen LogP contribution < -0.4 is 21.5 Å². The van der Waals surface area contributed by atoms with Gasteiger partial charge in [-0.05, 0) is 30.4 Å². The minimum Gasteiger partial charge on any atom is -0.370 e. The summed E-state index contributed by atoms with van der Waals surface area (Å²) in [5.74, 6) is -2.49. The van der Waals surface area contributed by atoms with Crippen molar-refractivity contribution in [1.82, 2.24) is 14.9 Å². The summed E-state index contributed by atoms with van der Waals surface area (Å²) < 4.78 is 27.5. The number of amides is 3. The van der Waals surface area contributed by atoms with Gasteiger partial charge in [-0.1, -0.05) is 60.7 Å². The van der Waals surface area contributed by atoms with Gasteiger partial charge < -0.3 is 21.7 Å². The third-order valence-electron chi connectivity index (χ3n) is 6.24. The Morgan fingerprint density at radius 3 is 2.11 bits per heavy atom. The van der Waals surface area contributed by atoms with Crippen LogP contribution in [0.2, 0.25) is 0 Å². The second kappa shape index (κ2) is 13.2. The number of nitrogens with one attached hydrogen (secondary N) is 2. The molecule has 1 aliphatic rings. The number of guanidine groups is 1. The molecule has 2 aromatic carbocycles. The lowest BCUT2D eigenvalue weighted by atomic mass is 9.84. The lowest BCUT2D eigenvalue weighted by Crippen LogP contribution is -2.58. The van der Waals surface area contributed by atoms with Gasteiger partial charge in [0.2, 0.25) is 21.8 Å². The number of sulfonamides is 1. The molecule has 0 aromatic heterocycles. The molecule has 0 aliphatic carbocycles. The molecule has 0 bridgehead atoms. The van der Waals surface area contributed by atoms with Crippen molar-refractivity contribution in [2.24, 2.45) is 16.5 Å². The minimum absolute atomic E-state index is 0.00531. The first-order valence-corrected chi connectivity index (χ1v) is 14.2. The molecule has 1 saturated heterocycles. The predicted octanol–water partition coefficient (Wildman–Crippen LogP) is 0.424. The highest BCUT2D eigenvalue weighted by atomic mass is 32.2. The number of hydrogen-bond acceptors (Lipinski definition) is 5. The van der Waals surface area contributed by atoms with Gasteiger partial charge in [0.15, 0.2) is 5.96 Å². The zero-order valence-corrected chi connectivity index (χ0v) is 22.1. The second-order valence-electron chi connectivity index (χ2n) is 9.18. The van der Waals surface area contributed by atoms with Gasteiger partial charge in [-0.3, -0.25) is 14.4 Å². The summed E-state index contributed by atoms with van der Waals surface area (Å²) in [6, 6.07) is 16.4. The SMILES string of the molecule is CS(=O)(=O)N[C@@H](C(=O)N1CCCCC1C(=O)NCCC(=O)N=C(N)N)C(c1ccccc1)c1ccccc1. The number of carbonyl (C=O) groups is 3. The molecule has 38 heavy (non-hydrogen) atoms. The van der Waals surface area contributed by atoms with Crippen molar-refractivity contribution in [1.29, 1.82) is 0 Å². The van der Waals surface area contributed by atoms with E-state index in [1.165, 1.54) is 4.90 Å². The van der Waals surface area contributed by atoms with Crippen LogP contribution in [-0.4, -0.2) is 68.4 Å². The molecule has 12 heteroatoms. The molecule has 6 N–H and O–H groups in total. The molecule has 0 saturated carbocycles. The van der Waals surface area contributed by atoms with Crippen LogP contribution >= 0.6 is 0 Å². The number of benzene rings is 2. The first-order chi connectivity index (χ1) is 18.1. The van der Waals surface area contributed by atoms with Gasteiger partial charge in [0.25, 0.3) is 5.91 Å². The molecule has 2 aromatic rings. The summed E-state index contributed by atoms with van der Waals surface area (Å²) in [7, 11) is -3.81. The standard InChI is InChI=1S/C26H34N6O5S/c1-38(36,37)31-23(22(18-10-4-2-5-11-18)19-12-6-3-7-13-19)25(35)32-17-9-8-14-20(32)24(34)29-16-15-21(33)30-26(27)28/h2-7,10-13,20,22-23,31H,8-9,14-17H2,1H3,(H,29,34)(H4,27,28,30,33)/t20?,23-/m1/s1. The summed E-state index contributed by atoms with van der Waals surface area (Å²) in [5, 5.41) is 2.68. The van der Waals surface area contributed by atoms with E-state index in [1.54, 1.807) is 0 Å². The maximum Gasteiger partial charge on any atom is 0.250 e. The number of carbonyl (C=O) groups excluding carboxylic acids is 3. The quantitative estimate of drug-likeness (QED) is 0.248. The highest BCUT2D eigenvalue weighted by Crippen LogP contribution is 2.31. The summed E-state index contributed by atoms with van der Waals surface area (Å²) in [5.41, 5.74) is 11.9. The van der Waals surface area contributed by atoms with Crippen LogP contribution in [0.5, 0.6) is 0 Å². The van der Waals surface area contributed by atoms with Gasteiger partial charge in [-0.15, -0.1) is 0 Å². The Balaban J connectivity index is 1.91. The Kier molecular flexibility index (Phi) is 9.97. The molecule has 1 unspecified atom stereocenters. The lowest BCUT2D eigenvalue weighted by molar-refractivity contribution is -0.143. The van der Waals surface area contributed by atoms with E-state index >= 15 is 0 Å². The van der Waals surface area contributed by atoms with E-state index in [-0.39, 0.29) is 18.9 Å². The molecule has 1 heterocycles. The van der Waals surface area contributed by atoms with Gasteiger partial charge in [0.05, 0.1) is 6.26 Å². The van der Waals surface area contributed by atoms with E-state index in [1.807, 2.05) is 60.7 Å². The van der Waals surface area contributed by atoms with Crippen LogP contribution in [0.15, 0.2) is 65.7 Å². The summed E-state index contributed by atoms with van der Waals surface area (Å²) in [6.07, 6.45) is 2.71. The van der Waals surface area contributed by atoms with E-state index in [2.05, 4.69) is 15.0 Å². The fourth-order valence-corrected chi connectivity index (χ4v) is 5.34. The van der Waals surface area contributed by atoms with Crippen LogP contribution in [0.4, 0.5) is 0 Å².